The third kappa shape index (κ3) is 8.20. The van der Waals surface area contributed by atoms with Gasteiger partial charge in [-0.2, -0.15) is 5.10 Å². The maximum atomic E-state index is 12.5. The monoisotopic (exact) mass is 457 g/mol. The number of nitrogens with one attached hydrogen (secondary N) is 3. The molecule has 0 atom stereocenters. The number of carboxylic acid groups (broad SMARTS) is 2. The number of hydrogen-bond acceptors (Lipinski definition) is 7. The van der Waals surface area contributed by atoms with Gasteiger partial charge in [0.15, 0.2) is 6.61 Å². The van der Waals surface area contributed by atoms with Crippen LogP contribution < -0.4 is 26.5 Å². The molecular formula is C21H23N5O7. The van der Waals surface area contributed by atoms with Gasteiger partial charge in [0.25, 0.3) is 5.91 Å². The molecule has 2 aromatic carbocycles. The predicted octanol–water partition coefficient (Wildman–Crippen LogP) is 0.850. The van der Waals surface area contributed by atoms with Gasteiger partial charge in [-0.05, 0) is 36.2 Å². The maximum absolute atomic E-state index is 12.5. The molecule has 0 spiro atoms. The number of hydrogen-bond donors (Lipinski definition) is 6. The molecule has 12 heteroatoms. The Bertz CT molecular complexity index is 1020. The van der Waals surface area contributed by atoms with Gasteiger partial charge in [-0.1, -0.05) is 18.2 Å². The Labute approximate surface area is 188 Å². The number of amides is 2. The van der Waals surface area contributed by atoms with E-state index in [4.69, 9.17) is 20.8 Å². The van der Waals surface area contributed by atoms with Crippen molar-refractivity contribution in [2.24, 2.45) is 10.9 Å². The number of para-hydroxylation sites is 1. The second kappa shape index (κ2) is 12.3. The zero-order valence-corrected chi connectivity index (χ0v) is 17.4. The molecule has 0 bridgehead atoms. The number of nitrogens with two attached hydrogens (primary N) is 1. The van der Waals surface area contributed by atoms with Gasteiger partial charge in [0.1, 0.15) is 12.1 Å². The topological polar surface area (TPSA) is 192 Å². The minimum atomic E-state index is -1.22. The van der Waals surface area contributed by atoms with Gasteiger partial charge in [-0.15, -0.1) is 0 Å². The summed E-state index contributed by atoms with van der Waals surface area (Å²) in [5, 5.41) is 28.9. The standard InChI is InChI=1S/C21H23N5O7/c22-25-12-24-15-5-1-4-14(9-15)21(32)23-10-17(27)26-20-13(7-8-18(28)29)3-2-6-16(20)33-11-19(30)31/h1-6,9,12H,7-8,10-11,22H2,(H,23,32)(H,24,25)(H,26,27)(H,28,29)(H,30,31). The zero-order valence-electron chi connectivity index (χ0n) is 17.4. The fourth-order valence-electron chi connectivity index (χ4n) is 2.74. The Balaban J connectivity index is 2.09. The third-order valence-electron chi connectivity index (χ3n) is 4.18. The van der Waals surface area contributed by atoms with E-state index in [-0.39, 0.29) is 29.8 Å². The molecule has 0 aliphatic heterocycles. The van der Waals surface area contributed by atoms with Crippen molar-refractivity contribution in [3.05, 3.63) is 53.6 Å². The van der Waals surface area contributed by atoms with Gasteiger partial charge in [-0.25, -0.2) is 4.79 Å². The van der Waals surface area contributed by atoms with E-state index >= 15 is 0 Å². The molecule has 7 N–H and O–H groups in total. The van der Waals surface area contributed by atoms with Gasteiger partial charge in [0.2, 0.25) is 5.91 Å². The molecule has 0 heterocycles. The van der Waals surface area contributed by atoms with Crippen LogP contribution in [0.4, 0.5) is 11.4 Å². The van der Waals surface area contributed by atoms with Crippen molar-refractivity contribution in [3.8, 4) is 5.75 Å². The van der Waals surface area contributed by atoms with E-state index in [1.165, 1.54) is 18.5 Å². The normalized spacial score (nSPS) is 10.4. The smallest absolute Gasteiger partial charge is 0.341 e. The van der Waals surface area contributed by atoms with Crippen molar-refractivity contribution in [3.63, 3.8) is 0 Å². The van der Waals surface area contributed by atoms with Crippen molar-refractivity contribution < 1.29 is 34.1 Å². The highest BCUT2D eigenvalue weighted by molar-refractivity contribution is 6.00. The first kappa shape index (κ1) is 24.7. The molecule has 0 saturated carbocycles. The number of anilines is 2. The number of aryl methyl sites for hydroxylation is 1. The summed E-state index contributed by atoms with van der Waals surface area (Å²) < 4.78 is 5.21. The number of nitrogens with zero attached hydrogens (tertiary/aromatic N) is 1. The minimum Gasteiger partial charge on any atom is -0.481 e. The van der Waals surface area contributed by atoms with Gasteiger partial charge in [0.05, 0.1) is 12.2 Å². The lowest BCUT2D eigenvalue weighted by molar-refractivity contribution is -0.139. The molecule has 2 amide bonds. The summed E-state index contributed by atoms with van der Waals surface area (Å²) in [6.07, 6.45) is 1.12. The molecule has 2 aromatic rings. The molecule has 0 unspecified atom stereocenters. The molecule has 33 heavy (non-hydrogen) atoms. The summed E-state index contributed by atoms with van der Waals surface area (Å²) in [7, 11) is 0. The fraction of sp³-hybridized carbons (Fsp3) is 0.190. The molecule has 0 saturated heterocycles. The largest absolute Gasteiger partial charge is 0.481 e. The van der Waals surface area contributed by atoms with Gasteiger partial charge < -0.3 is 36.7 Å². The Kier molecular flexibility index (Phi) is 9.19. The van der Waals surface area contributed by atoms with E-state index in [1.54, 1.807) is 30.3 Å². The summed E-state index contributed by atoms with van der Waals surface area (Å²) in [5.41, 5.74) is 1.44. The molecule has 0 radical (unpaired) electrons. The summed E-state index contributed by atoms with van der Waals surface area (Å²) in [6.45, 7) is -1.05. The molecule has 12 nitrogen and oxygen atoms in total. The zero-order chi connectivity index (χ0) is 24.2. The average molecular weight is 457 g/mol. The Morgan fingerprint density at radius 3 is 2.52 bits per heavy atom. The number of benzene rings is 2. The highest BCUT2D eigenvalue weighted by atomic mass is 16.5. The maximum Gasteiger partial charge on any atom is 0.341 e. The van der Waals surface area contributed by atoms with Crippen LogP contribution in [-0.4, -0.2) is 53.5 Å². The lowest BCUT2D eigenvalue weighted by Crippen LogP contribution is -2.33. The molecule has 0 aromatic heterocycles. The summed E-state index contributed by atoms with van der Waals surface area (Å²) in [4.78, 5) is 46.6. The van der Waals surface area contributed by atoms with Crippen molar-refractivity contribution in [1.29, 1.82) is 0 Å². The SMILES string of the molecule is NN=CNc1cccc(C(=O)NCC(=O)Nc2c(CCC(=O)O)cccc2OCC(=O)O)c1. The molecule has 0 aliphatic rings. The fourth-order valence-corrected chi connectivity index (χ4v) is 2.74. The first-order valence-corrected chi connectivity index (χ1v) is 9.64. The number of carbonyl (C=O) groups is 4. The molecular weight excluding hydrogens is 434 g/mol. The number of aliphatic carboxylic acids is 2. The van der Waals surface area contributed by atoms with Crippen LogP contribution in [0, 0.1) is 0 Å². The summed E-state index contributed by atoms with van der Waals surface area (Å²) in [6, 6.07) is 11.0. The van der Waals surface area contributed by atoms with Crippen LogP contribution >= 0.6 is 0 Å². The third-order valence-corrected chi connectivity index (χ3v) is 4.18. The average Bonchev–Trinajstić information content (AvgIpc) is 2.79. The highest BCUT2D eigenvalue weighted by Crippen LogP contribution is 2.29. The van der Waals surface area contributed by atoms with Crippen molar-refractivity contribution in [2.45, 2.75) is 12.8 Å². The lowest BCUT2D eigenvalue weighted by Gasteiger charge is -2.16. The quantitative estimate of drug-likeness (QED) is 0.116. The molecule has 174 valence electrons. The number of rotatable bonds is 12. The van der Waals surface area contributed by atoms with Crippen molar-refractivity contribution in [1.82, 2.24) is 5.32 Å². The molecule has 0 aliphatic carbocycles. The van der Waals surface area contributed by atoms with Crippen molar-refractivity contribution in [2.75, 3.05) is 23.8 Å². The number of carbonyl (C=O) groups excluding carboxylic acids is 2. The van der Waals surface area contributed by atoms with E-state index in [1.807, 2.05) is 0 Å². The van der Waals surface area contributed by atoms with Crippen LogP contribution in [0.15, 0.2) is 47.6 Å². The number of hydrazone groups is 1. The van der Waals surface area contributed by atoms with Crippen molar-refractivity contribution >= 4 is 41.5 Å². The first-order chi connectivity index (χ1) is 15.8. The highest BCUT2D eigenvalue weighted by Gasteiger charge is 2.16. The van der Waals surface area contributed by atoms with E-state index < -0.39 is 36.9 Å². The number of ether oxygens (including phenoxy) is 1. The van der Waals surface area contributed by atoms with E-state index in [0.29, 0.717) is 11.3 Å². The second-order valence-electron chi connectivity index (χ2n) is 6.60. The Morgan fingerprint density at radius 2 is 1.82 bits per heavy atom. The molecule has 2 rings (SSSR count). The van der Waals surface area contributed by atoms with Crippen LogP contribution in [0.5, 0.6) is 5.75 Å². The van der Waals surface area contributed by atoms with E-state index in [9.17, 15) is 19.2 Å². The van der Waals surface area contributed by atoms with Gasteiger partial charge in [-0.3, -0.25) is 14.4 Å². The first-order valence-electron chi connectivity index (χ1n) is 9.64. The van der Waals surface area contributed by atoms with Crippen LogP contribution in [0.2, 0.25) is 0 Å². The van der Waals surface area contributed by atoms with Crippen LogP contribution in [-0.2, 0) is 20.8 Å². The Hall–Kier alpha value is -4.61. The van der Waals surface area contributed by atoms with Crippen LogP contribution in [0.3, 0.4) is 0 Å². The Morgan fingerprint density at radius 1 is 1.06 bits per heavy atom. The number of carboxylic acids is 2. The van der Waals surface area contributed by atoms with E-state index in [0.717, 1.165) is 0 Å². The van der Waals surface area contributed by atoms with E-state index in [2.05, 4.69) is 21.1 Å². The van der Waals surface area contributed by atoms with Crippen LogP contribution in [0.1, 0.15) is 22.3 Å². The second-order valence-corrected chi connectivity index (χ2v) is 6.60. The summed E-state index contributed by atoms with van der Waals surface area (Å²) in [5.74, 6) is 1.71. The molecule has 0 fully saturated rings. The van der Waals surface area contributed by atoms with Gasteiger partial charge >= 0.3 is 11.9 Å². The summed E-state index contributed by atoms with van der Waals surface area (Å²) >= 11 is 0. The van der Waals surface area contributed by atoms with Gasteiger partial charge in [0, 0.05) is 17.7 Å². The van der Waals surface area contributed by atoms with Crippen LogP contribution in [0.25, 0.3) is 0 Å². The lowest BCUT2D eigenvalue weighted by atomic mass is 10.1. The minimum absolute atomic E-state index is 0.0697. The predicted molar refractivity (Wildman–Crippen MR) is 119 cm³/mol.